The van der Waals surface area contributed by atoms with E-state index in [-0.39, 0.29) is 6.10 Å². The van der Waals surface area contributed by atoms with E-state index in [1.54, 1.807) is 6.20 Å². The van der Waals surface area contributed by atoms with Gasteiger partial charge in [-0.05, 0) is 43.2 Å². The maximum atomic E-state index is 9.81. The summed E-state index contributed by atoms with van der Waals surface area (Å²) in [6.07, 6.45) is 9.14. The first kappa shape index (κ1) is 9.66. The third-order valence-corrected chi connectivity index (χ3v) is 3.15. The minimum absolute atomic E-state index is 0.0936. The summed E-state index contributed by atoms with van der Waals surface area (Å²) in [7, 11) is 0. The van der Waals surface area contributed by atoms with Crippen LogP contribution < -0.4 is 0 Å². The fourth-order valence-corrected chi connectivity index (χ4v) is 1.92. The Morgan fingerprint density at radius 2 is 2.36 bits per heavy atom. The van der Waals surface area contributed by atoms with Gasteiger partial charge in [0, 0.05) is 12.4 Å². The fraction of sp³-hybridized carbons (Fsp3) is 0.583. The predicted molar refractivity (Wildman–Crippen MR) is 55.9 cm³/mol. The van der Waals surface area contributed by atoms with Crippen LogP contribution in [0.2, 0.25) is 0 Å². The van der Waals surface area contributed by atoms with E-state index in [9.17, 15) is 5.11 Å². The summed E-state index contributed by atoms with van der Waals surface area (Å²) in [6, 6.07) is 4.02. The summed E-state index contributed by atoms with van der Waals surface area (Å²) >= 11 is 0. The van der Waals surface area contributed by atoms with Gasteiger partial charge in [-0.1, -0.05) is 12.5 Å². The molecule has 1 aliphatic carbocycles. The number of aryl methyl sites for hydroxylation is 1. The largest absolute Gasteiger partial charge is 0.393 e. The van der Waals surface area contributed by atoms with Crippen molar-refractivity contribution in [3.8, 4) is 0 Å². The molecule has 1 aromatic heterocycles. The highest BCUT2D eigenvalue weighted by Crippen LogP contribution is 2.31. The Balaban J connectivity index is 1.76. The molecule has 0 bridgehead atoms. The molecule has 1 atom stereocenters. The van der Waals surface area contributed by atoms with Gasteiger partial charge in [0.15, 0.2) is 0 Å². The Kier molecular flexibility index (Phi) is 3.14. The van der Waals surface area contributed by atoms with E-state index in [0.29, 0.717) is 5.92 Å². The Hall–Kier alpha value is -0.890. The van der Waals surface area contributed by atoms with Gasteiger partial charge in [0.2, 0.25) is 0 Å². The van der Waals surface area contributed by atoms with Crippen LogP contribution in [0.1, 0.15) is 31.2 Å². The highest BCUT2D eigenvalue weighted by molar-refractivity contribution is 5.08. The van der Waals surface area contributed by atoms with E-state index in [1.165, 1.54) is 24.8 Å². The SMILES string of the molecule is OC(CCc1cccnc1)C1CCC1. The second-order valence-electron chi connectivity index (χ2n) is 4.16. The van der Waals surface area contributed by atoms with Gasteiger partial charge in [0.05, 0.1) is 6.10 Å². The predicted octanol–water partition coefficient (Wildman–Crippen LogP) is 2.18. The topological polar surface area (TPSA) is 33.1 Å². The molecule has 1 heterocycles. The molecule has 14 heavy (non-hydrogen) atoms. The number of aromatic nitrogens is 1. The van der Waals surface area contributed by atoms with E-state index < -0.39 is 0 Å². The Morgan fingerprint density at radius 3 is 2.93 bits per heavy atom. The number of aliphatic hydroxyl groups is 1. The Labute approximate surface area is 85.0 Å². The molecule has 0 spiro atoms. The van der Waals surface area contributed by atoms with Crippen molar-refractivity contribution in [2.45, 2.75) is 38.2 Å². The summed E-state index contributed by atoms with van der Waals surface area (Å²) in [5.74, 6) is 0.576. The maximum Gasteiger partial charge on any atom is 0.0571 e. The van der Waals surface area contributed by atoms with Crippen molar-refractivity contribution in [1.29, 1.82) is 0 Å². The number of hydrogen-bond donors (Lipinski definition) is 1. The van der Waals surface area contributed by atoms with Gasteiger partial charge in [0.1, 0.15) is 0 Å². The molecule has 2 rings (SSSR count). The van der Waals surface area contributed by atoms with Gasteiger partial charge in [-0.15, -0.1) is 0 Å². The minimum atomic E-state index is -0.0936. The molecule has 2 nitrogen and oxygen atoms in total. The first-order valence-electron chi connectivity index (χ1n) is 5.43. The van der Waals surface area contributed by atoms with E-state index in [1.807, 2.05) is 12.3 Å². The number of pyridine rings is 1. The average molecular weight is 191 g/mol. The Bertz CT molecular complexity index is 269. The molecular formula is C12H17NO. The van der Waals surface area contributed by atoms with Gasteiger partial charge in [0.25, 0.3) is 0 Å². The van der Waals surface area contributed by atoms with Crippen molar-refractivity contribution in [2.24, 2.45) is 5.92 Å². The van der Waals surface area contributed by atoms with Crippen LogP contribution in [0.3, 0.4) is 0 Å². The van der Waals surface area contributed by atoms with Crippen LogP contribution in [0, 0.1) is 5.92 Å². The average Bonchev–Trinajstić information content (AvgIpc) is 2.14. The molecule has 0 amide bonds. The number of nitrogens with zero attached hydrogens (tertiary/aromatic N) is 1. The third kappa shape index (κ3) is 2.32. The lowest BCUT2D eigenvalue weighted by molar-refractivity contribution is 0.0560. The molecule has 0 aliphatic heterocycles. The van der Waals surface area contributed by atoms with E-state index in [0.717, 1.165) is 12.8 Å². The highest BCUT2D eigenvalue weighted by Gasteiger charge is 2.24. The third-order valence-electron chi connectivity index (χ3n) is 3.15. The van der Waals surface area contributed by atoms with Crippen molar-refractivity contribution in [1.82, 2.24) is 4.98 Å². The van der Waals surface area contributed by atoms with Gasteiger partial charge in [-0.25, -0.2) is 0 Å². The minimum Gasteiger partial charge on any atom is -0.393 e. The van der Waals surface area contributed by atoms with Crippen LogP contribution in [-0.4, -0.2) is 16.2 Å². The molecule has 1 N–H and O–H groups in total. The summed E-state index contributed by atoms with van der Waals surface area (Å²) in [5, 5.41) is 9.81. The zero-order valence-corrected chi connectivity index (χ0v) is 8.39. The first-order chi connectivity index (χ1) is 6.86. The van der Waals surface area contributed by atoms with Crippen LogP contribution >= 0.6 is 0 Å². The molecule has 2 heteroatoms. The number of hydrogen-bond acceptors (Lipinski definition) is 2. The van der Waals surface area contributed by atoms with Crippen molar-refractivity contribution in [3.05, 3.63) is 30.1 Å². The number of rotatable bonds is 4. The molecule has 1 fully saturated rings. The normalized spacial score (nSPS) is 18.9. The second kappa shape index (κ2) is 4.56. The van der Waals surface area contributed by atoms with Crippen LogP contribution in [0.15, 0.2) is 24.5 Å². The fourth-order valence-electron chi connectivity index (χ4n) is 1.92. The van der Waals surface area contributed by atoms with Gasteiger partial charge in [-0.3, -0.25) is 4.98 Å². The van der Waals surface area contributed by atoms with Gasteiger partial charge >= 0.3 is 0 Å². The lowest BCUT2D eigenvalue weighted by atomic mass is 9.79. The molecule has 76 valence electrons. The highest BCUT2D eigenvalue weighted by atomic mass is 16.3. The maximum absolute atomic E-state index is 9.81. The monoisotopic (exact) mass is 191 g/mol. The summed E-state index contributed by atoms with van der Waals surface area (Å²) in [5.41, 5.74) is 1.23. The molecule has 0 radical (unpaired) electrons. The zero-order valence-electron chi connectivity index (χ0n) is 8.39. The van der Waals surface area contributed by atoms with Crippen LogP contribution in [0.4, 0.5) is 0 Å². The van der Waals surface area contributed by atoms with E-state index in [4.69, 9.17) is 0 Å². The molecule has 0 aromatic carbocycles. The molecule has 1 saturated carbocycles. The lowest BCUT2D eigenvalue weighted by Crippen LogP contribution is -2.26. The molecule has 0 saturated heterocycles. The number of aliphatic hydroxyl groups excluding tert-OH is 1. The van der Waals surface area contributed by atoms with E-state index in [2.05, 4.69) is 11.1 Å². The van der Waals surface area contributed by atoms with Crippen molar-refractivity contribution >= 4 is 0 Å². The molecule has 1 unspecified atom stereocenters. The summed E-state index contributed by atoms with van der Waals surface area (Å²) in [4.78, 5) is 4.06. The summed E-state index contributed by atoms with van der Waals surface area (Å²) < 4.78 is 0. The first-order valence-corrected chi connectivity index (χ1v) is 5.43. The zero-order chi connectivity index (χ0) is 9.80. The van der Waals surface area contributed by atoms with Crippen molar-refractivity contribution < 1.29 is 5.11 Å². The lowest BCUT2D eigenvalue weighted by Gasteiger charge is -2.30. The summed E-state index contributed by atoms with van der Waals surface area (Å²) in [6.45, 7) is 0. The van der Waals surface area contributed by atoms with E-state index >= 15 is 0 Å². The standard InChI is InChI=1S/C12H17NO/c14-12(11-4-1-5-11)7-6-10-3-2-8-13-9-10/h2-3,8-9,11-12,14H,1,4-7H2. The Morgan fingerprint density at radius 1 is 1.50 bits per heavy atom. The van der Waals surface area contributed by atoms with Crippen molar-refractivity contribution in [3.63, 3.8) is 0 Å². The molecule has 1 aromatic rings. The second-order valence-corrected chi connectivity index (χ2v) is 4.16. The molecule has 1 aliphatic rings. The van der Waals surface area contributed by atoms with Gasteiger partial charge < -0.3 is 5.11 Å². The molecular weight excluding hydrogens is 174 g/mol. The van der Waals surface area contributed by atoms with Crippen LogP contribution in [0.5, 0.6) is 0 Å². The van der Waals surface area contributed by atoms with Crippen LogP contribution in [-0.2, 0) is 6.42 Å². The smallest absolute Gasteiger partial charge is 0.0571 e. The quantitative estimate of drug-likeness (QED) is 0.791. The van der Waals surface area contributed by atoms with Crippen molar-refractivity contribution in [2.75, 3.05) is 0 Å². The van der Waals surface area contributed by atoms with Crippen LogP contribution in [0.25, 0.3) is 0 Å². The van der Waals surface area contributed by atoms with Gasteiger partial charge in [-0.2, -0.15) is 0 Å².